The third-order valence-electron chi connectivity index (χ3n) is 5.79. The van der Waals surface area contributed by atoms with E-state index in [4.69, 9.17) is 4.74 Å². The highest BCUT2D eigenvalue weighted by atomic mass is 32.1. The van der Waals surface area contributed by atoms with Gasteiger partial charge in [-0.05, 0) is 41.7 Å². The molecule has 0 spiro atoms. The molecule has 0 bridgehead atoms. The van der Waals surface area contributed by atoms with E-state index in [0.29, 0.717) is 17.8 Å². The topological polar surface area (TPSA) is 80.3 Å². The molecular weight excluding hydrogens is 472 g/mol. The second kappa shape index (κ2) is 12.0. The van der Waals surface area contributed by atoms with Crippen molar-refractivity contribution in [2.75, 3.05) is 11.9 Å². The van der Waals surface area contributed by atoms with Gasteiger partial charge in [0.25, 0.3) is 0 Å². The van der Waals surface area contributed by atoms with Crippen molar-refractivity contribution in [1.82, 2.24) is 10.3 Å². The monoisotopic (exact) mass is 499 g/mol. The lowest BCUT2D eigenvalue weighted by atomic mass is 9.97. The molecule has 35 heavy (non-hydrogen) atoms. The molecule has 2 aromatic carbocycles. The molecule has 0 unspecified atom stereocenters. The molecule has 0 radical (unpaired) electrons. The SMILES string of the molecule is O=C(Cc1cc(F)cc(F)c1)NCC(=O)Nc1ncc(-c2ccccc2COC2CCCCC2)s1. The zero-order valence-corrected chi connectivity index (χ0v) is 20.0. The molecule has 9 heteroatoms. The summed E-state index contributed by atoms with van der Waals surface area (Å²) in [5.74, 6) is -2.48. The quantitative estimate of drug-likeness (QED) is 0.422. The summed E-state index contributed by atoms with van der Waals surface area (Å²) < 4.78 is 32.7. The van der Waals surface area contributed by atoms with Crippen molar-refractivity contribution in [3.8, 4) is 10.4 Å². The third-order valence-corrected chi connectivity index (χ3v) is 6.74. The van der Waals surface area contributed by atoms with E-state index in [9.17, 15) is 18.4 Å². The lowest BCUT2D eigenvalue weighted by Gasteiger charge is -2.22. The summed E-state index contributed by atoms with van der Waals surface area (Å²) in [6.45, 7) is 0.249. The molecule has 4 rings (SSSR count). The molecule has 0 atom stereocenters. The smallest absolute Gasteiger partial charge is 0.245 e. The van der Waals surface area contributed by atoms with Crippen molar-refractivity contribution >= 4 is 28.3 Å². The standard InChI is InChI=1S/C26H27F2N3O3S/c27-19-10-17(11-20(28)13-19)12-24(32)29-15-25(33)31-26-30-14-23(35-26)22-9-5-4-6-18(22)16-34-21-7-2-1-3-8-21/h4-6,9-11,13-14,21H,1-3,7-8,12,15-16H2,(H,29,32)(H,30,31,33). The second-order valence-corrected chi connectivity index (χ2v) is 9.57. The van der Waals surface area contributed by atoms with E-state index < -0.39 is 23.4 Å². The van der Waals surface area contributed by atoms with Crippen LogP contribution in [0.25, 0.3) is 10.4 Å². The highest BCUT2D eigenvalue weighted by molar-refractivity contribution is 7.19. The van der Waals surface area contributed by atoms with Gasteiger partial charge in [0, 0.05) is 12.3 Å². The maximum Gasteiger partial charge on any atom is 0.245 e. The normalized spacial score (nSPS) is 14.0. The van der Waals surface area contributed by atoms with Gasteiger partial charge in [0.2, 0.25) is 11.8 Å². The Morgan fingerprint density at radius 2 is 1.77 bits per heavy atom. The van der Waals surface area contributed by atoms with Crippen molar-refractivity contribution in [3.05, 3.63) is 71.4 Å². The van der Waals surface area contributed by atoms with Crippen LogP contribution in [0.1, 0.15) is 43.2 Å². The van der Waals surface area contributed by atoms with E-state index in [2.05, 4.69) is 15.6 Å². The van der Waals surface area contributed by atoms with E-state index in [-0.39, 0.29) is 18.5 Å². The molecule has 1 saturated carbocycles. The Hall–Kier alpha value is -3.17. The highest BCUT2D eigenvalue weighted by Gasteiger charge is 2.16. The molecule has 1 aliphatic rings. The number of anilines is 1. The zero-order chi connectivity index (χ0) is 24.6. The molecule has 6 nitrogen and oxygen atoms in total. The first-order chi connectivity index (χ1) is 17.0. The minimum Gasteiger partial charge on any atom is -0.374 e. The van der Waals surface area contributed by atoms with Crippen LogP contribution in [0.15, 0.2) is 48.7 Å². The third kappa shape index (κ3) is 7.40. The van der Waals surface area contributed by atoms with Crippen LogP contribution in [0, 0.1) is 11.6 Å². The number of ether oxygens (including phenoxy) is 1. The van der Waals surface area contributed by atoms with Crippen LogP contribution in [0.2, 0.25) is 0 Å². The Bertz CT molecular complexity index is 1160. The number of halogens is 2. The van der Waals surface area contributed by atoms with Gasteiger partial charge in [0.05, 0.1) is 30.6 Å². The van der Waals surface area contributed by atoms with Crippen LogP contribution in [-0.2, 0) is 27.4 Å². The number of amides is 2. The Morgan fingerprint density at radius 1 is 1.03 bits per heavy atom. The molecule has 2 amide bonds. The highest BCUT2D eigenvalue weighted by Crippen LogP contribution is 2.32. The Labute approximate surface area is 206 Å². The van der Waals surface area contributed by atoms with Crippen LogP contribution >= 0.6 is 11.3 Å². The number of benzene rings is 2. The summed E-state index contributed by atoms with van der Waals surface area (Å²) in [6, 6.07) is 10.9. The number of hydrogen-bond donors (Lipinski definition) is 2. The molecule has 2 N–H and O–H groups in total. The summed E-state index contributed by atoms with van der Waals surface area (Å²) in [7, 11) is 0. The predicted molar refractivity (Wildman–Crippen MR) is 131 cm³/mol. The van der Waals surface area contributed by atoms with E-state index >= 15 is 0 Å². The number of rotatable bonds is 9. The van der Waals surface area contributed by atoms with Gasteiger partial charge in [-0.15, -0.1) is 0 Å². The second-order valence-electron chi connectivity index (χ2n) is 8.54. The lowest BCUT2D eigenvalue weighted by Crippen LogP contribution is -2.33. The van der Waals surface area contributed by atoms with Gasteiger partial charge in [0.15, 0.2) is 5.13 Å². The van der Waals surface area contributed by atoms with Crippen molar-refractivity contribution in [3.63, 3.8) is 0 Å². The fourth-order valence-corrected chi connectivity index (χ4v) is 4.98. The number of nitrogens with one attached hydrogen (secondary N) is 2. The van der Waals surface area contributed by atoms with Crippen LogP contribution in [0.5, 0.6) is 0 Å². The number of nitrogens with zero attached hydrogens (tertiary/aromatic N) is 1. The maximum absolute atomic E-state index is 13.3. The van der Waals surface area contributed by atoms with E-state index in [1.807, 2.05) is 24.3 Å². The Kier molecular flexibility index (Phi) is 8.54. The summed E-state index contributed by atoms with van der Waals surface area (Å²) in [4.78, 5) is 29.5. The van der Waals surface area contributed by atoms with Gasteiger partial charge in [-0.25, -0.2) is 13.8 Å². The molecule has 3 aromatic rings. The lowest BCUT2D eigenvalue weighted by molar-refractivity contribution is -0.123. The largest absolute Gasteiger partial charge is 0.374 e. The number of thiazole rings is 1. The molecule has 1 fully saturated rings. The summed E-state index contributed by atoms with van der Waals surface area (Å²) in [5.41, 5.74) is 2.27. The predicted octanol–water partition coefficient (Wildman–Crippen LogP) is 5.24. The van der Waals surface area contributed by atoms with Gasteiger partial charge in [-0.1, -0.05) is 54.9 Å². The van der Waals surface area contributed by atoms with E-state index in [1.165, 1.54) is 30.6 Å². The minimum absolute atomic E-state index is 0.191. The van der Waals surface area contributed by atoms with Gasteiger partial charge in [0.1, 0.15) is 11.6 Å². The minimum atomic E-state index is -0.757. The summed E-state index contributed by atoms with van der Waals surface area (Å²) in [5, 5.41) is 5.54. The van der Waals surface area contributed by atoms with Crippen molar-refractivity contribution in [1.29, 1.82) is 0 Å². The molecular formula is C26H27F2N3O3S. The van der Waals surface area contributed by atoms with Crippen LogP contribution in [-0.4, -0.2) is 29.4 Å². The van der Waals surface area contributed by atoms with Crippen LogP contribution in [0.4, 0.5) is 13.9 Å². The molecule has 0 saturated heterocycles. The first-order valence-corrected chi connectivity index (χ1v) is 12.4. The molecule has 0 aliphatic heterocycles. The number of carbonyl (C=O) groups excluding carboxylic acids is 2. The molecule has 1 aliphatic carbocycles. The first kappa shape index (κ1) is 24.9. The number of aromatic nitrogens is 1. The Morgan fingerprint density at radius 3 is 2.54 bits per heavy atom. The number of hydrogen-bond acceptors (Lipinski definition) is 5. The molecule has 1 heterocycles. The van der Waals surface area contributed by atoms with Gasteiger partial charge >= 0.3 is 0 Å². The summed E-state index contributed by atoms with van der Waals surface area (Å²) >= 11 is 1.34. The average molecular weight is 500 g/mol. The molecule has 184 valence electrons. The average Bonchev–Trinajstić information content (AvgIpc) is 3.30. The van der Waals surface area contributed by atoms with Gasteiger partial charge in [-0.2, -0.15) is 0 Å². The zero-order valence-electron chi connectivity index (χ0n) is 19.2. The molecule has 1 aromatic heterocycles. The summed E-state index contributed by atoms with van der Waals surface area (Å²) in [6.07, 6.45) is 7.70. The fourth-order valence-electron chi connectivity index (χ4n) is 4.09. The maximum atomic E-state index is 13.3. The first-order valence-electron chi connectivity index (χ1n) is 11.6. The van der Waals surface area contributed by atoms with Crippen molar-refractivity contribution in [2.24, 2.45) is 0 Å². The van der Waals surface area contributed by atoms with Gasteiger partial charge in [-0.3, -0.25) is 9.59 Å². The fraction of sp³-hybridized carbons (Fsp3) is 0.346. The Balaban J connectivity index is 1.29. The van der Waals surface area contributed by atoms with Crippen molar-refractivity contribution in [2.45, 2.75) is 51.2 Å². The van der Waals surface area contributed by atoms with Crippen LogP contribution in [0.3, 0.4) is 0 Å². The van der Waals surface area contributed by atoms with E-state index in [1.54, 1.807) is 6.20 Å². The van der Waals surface area contributed by atoms with E-state index in [0.717, 1.165) is 47.0 Å². The number of carbonyl (C=O) groups is 2. The van der Waals surface area contributed by atoms with Crippen LogP contribution < -0.4 is 10.6 Å². The van der Waals surface area contributed by atoms with Gasteiger partial charge < -0.3 is 15.4 Å². The van der Waals surface area contributed by atoms with Crippen molar-refractivity contribution < 1.29 is 23.1 Å².